The third-order valence-corrected chi connectivity index (χ3v) is 8.30. The van der Waals surface area contributed by atoms with Crippen molar-refractivity contribution in [2.24, 2.45) is 0 Å². The molecule has 1 aromatic heterocycles. The van der Waals surface area contributed by atoms with Gasteiger partial charge in [0.25, 0.3) is 0 Å². The number of anilines is 3. The Morgan fingerprint density at radius 3 is 2.67 bits per heavy atom. The lowest BCUT2D eigenvalue weighted by molar-refractivity contribution is -0.142. The molecular weight excluding hydrogens is 556 g/mol. The van der Waals surface area contributed by atoms with E-state index in [2.05, 4.69) is 10.3 Å². The smallest absolute Gasteiger partial charge is 0.324 e. The van der Waals surface area contributed by atoms with E-state index in [1.165, 1.54) is 0 Å². The largest absolute Gasteiger partial charge is 0.508 e. The van der Waals surface area contributed by atoms with Crippen molar-refractivity contribution in [3.63, 3.8) is 0 Å². The lowest BCUT2D eigenvalue weighted by Crippen LogP contribution is -2.42. The number of urea groups is 1. The summed E-state index contributed by atoms with van der Waals surface area (Å²) in [5.74, 6) is -0.190. The van der Waals surface area contributed by atoms with Crippen LogP contribution in [0.25, 0.3) is 22.0 Å². The first-order valence-corrected chi connectivity index (χ1v) is 14.3. The van der Waals surface area contributed by atoms with Crippen molar-refractivity contribution in [1.29, 1.82) is 0 Å². The molecule has 2 amide bonds. The van der Waals surface area contributed by atoms with Crippen LogP contribution < -0.4 is 10.2 Å². The molecule has 6 rings (SSSR count). The molecule has 0 aliphatic carbocycles. The van der Waals surface area contributed by atoms with E-state index in [1.807, 2.05) is 48.2 Å². The standard InChI is InChI=1S/C31H31ClN6O4/c1-19-15-20(25-17-24(39)8-9-26(25)32)16-21-18-33-30(35-28(19)21)34-22-4-6-23(7-5-22)38-14-13-37(31(38)42)12-11-36-10-2-3-27(36)29(40)41/h4-9,15-18,27,39H,2-3,10-14H2,1H3,(H,40,41)(H,33,34,35)/t27-/m1/s1. The number of nitrogens with zero attached hydrogens (tertiary/aromatic N) is 5. The number of rotatable bonds is 8. The Morgan fingerprint density at radius 1 is 1.07 bits per heavy atom. The summed E-state index contributed by atoms with van der Waals surface area (Å²) in [5, 5.41) is 24.0. The first-order valence-electron chi connectivity index (χ1n) is 13.9. The quantitative estimate of drug-likeness (QED) is 0.247. The predicted octanol–water partition coefficient (Wildman–Crippen LogP) is 5.50. The van der Waals surface area contributed by atoms with Gasteiger partial charge in [-0.25, -0.2) is 14.8 Å². The van der Waals surface area contributed by atoms with Gasteiger partial charge < -0.3 is 20.4 Å². The molecule has 42 heavy (non-hydrogen) atoms. The number of hydrogen-bond donors (Lipinski definition) is 3. The highest BCUT2D eigenvalue weighted by molar-refractivity contribution is 6.33. The molecule has 0 bridgehead atoms. The van der Waals surface area contributed by atoms with E-state index in [1.54, 1.807) is 34.2 Å². The Balaban J connectivity index is 1.11. The minimum Gasteiger partial charge on any atom is -0.508 e. The van der Waals surface area contributed by atoms with Crippen molar-refractivity contribution in [3.05, 3.63) is 71.4 Å². The summed E-state index contributed by atoms with van der Waals surface area (Å²) >= 11 is 6.37. The van der Waals surface area contributed by atoms with Crippen LogP contribution >= 0.6 is 11.6 Å². The van der Waals surface area contributed by atoms with Gasteiger partial charge >= 0.3 is 12.0 Å². The number of hydrogen-bond acceptors (Lipinski definition) is 7. The number of fused-ring (bicyclic) bond motifs is 1. The maximum atomic E-state index is 13.1. The highest BCUT2D eigenvalue weighted by Crippen LogP contribution is 2.34. The Bertz CT molecular complexity index is 1660. The molecule has 0 spiro atoms. The van der Waals surface area contributed by atoms with E-state index in [-0.39, 0.29) is 11.8 Å². The summed E-state index contributed by atoms with van der Waals surface area (Å²) in [6, 6.07) is 15.8. The maximum Gasteiger partial charge on any atom is 0.324 e. The number of aromatic hydroxyl groups is 1. The number of carboxylic acid groups (broad SMARTS) is 1. The lowest BCUT2D eigenvalue weighted by Gasteiger charge is -2.24. The molecule has 4 aromatic rings. The third-order valence-electron chi connectivity index (χ3n) is 7.97. The maximum absolute atomic E-state index is 13.1. The molecule has 3 aromatic carbocycles. The molecular formula is C31H31ClN6O4. The molecule has 0 saturated carbocycles. The summed E-state index contributed by atoms with van der Waals surface area (Å²) < 4.78 is 0. The van der Waals surface area contributed by atoms with Crippen LogP contribution in [-0.4, -0.2) is 80.7 Å². The number of benzene rings is 3. The third kappa shape index (κ3) is 5.55. The van der Waals surface area contributed by atoms with Gasteiger partial charge in [0.05, 0.1) is 5.52 Å². The van der Waals surface area contributed by atoms with Gasteiger partial charge in [-0.1, -0.05) is 11.6 Å². The Morgan fingerprint density at radius 2 is 1.88 bits per heavy atom. The fraction of sp³-hybridized carbons (Fsp3) is 0.290. The molecule has 0 unspecified atom stereocenters. The SMILES string of the molecule is Cc1cc(-c2cc(O)ccc2Cl)cc2cnc(Nc3ccc(N4CCN(CCN5CCC[C@@H]5C(=O)O)C4=O)cc3)nc12. The molecule has 216 valence electrons. The van der Waals surface area contributed by atoms with Crippen LogP contribution in [0.15, 0.2) is 60.8 Å². The number of aliphatic carboxylic acids is 1. The average molecular weight is 587 g/mol. The molecule has 2 aliphatic heterocycles. The second-order valence-corrected chi connectivity index (χ2v) is 11.1. The molecule has 2 fully saturated rings. The van der Waals surface area contributed by atoms with Crippen LogP contribution in [0.3, 0.4) is 0 Å². The summed E-state index contributed by atoms with van der Waals surface area (Å²) in [7, 11) is 0. The topological polar surface area (TPSA) is 122 Å². The number of carbonyl (C=O) groups is 2. The van der Waals surface area contributed by atoms with Crippen molar-refractivity contribution >= 4 is 51.8 Å². The molecule has 0 radical (unpaired) electrons. The Labute approximate surface area is 248 Å². The molecule has 11 heteroatoms. The van der Waals surface area contributed by atoms with E-state index >= 15 is 0 Å². The average Bonchev–Trinajstić information content (AvgIpc) is 3.60. The number of carboxylic acids is 1. The van der Waals surface area contributed by atoms with Crippen LogP contribution in [-0.2, 0) is 4.79 Å². The highest BCUT2D eigenvalue weighted by Gasteiger charge is 2.33. The number of nitrogens with one attached hydrogen (secondary N) is 1. The Hall–Kier alpha value is -4.41. The number of amides is 2. The molecule has 3 N–H and O–H groups in total. The number of aryl methyl sites for hydroxylation is 1. The zero-order chi connectivity index (χ0) is 29.4. The van der Waals surface area contributed by atoms with Crippen molar-refractivity contribution in [1.82, 2.24) is 19.8 Å². The molecule has 2 saturated heterocycles. The number of phenols is 1. The summed E-state index contributed by atoms with van der Waals surface area (Å²) in [4.78, 5) is 39.2. The van der Waals surface area contributed by atoms with Crippen molar-refractivity contribution in [3.8, 4) is 16.9 Å². The first kappa shape index (κ1) is 27.7. The fourth-order valence-corrected chi connectivity index (χ4v) is 6.01. The van der Waals surface area contributed by atoms with Gasteiger partial charge in [0.2, 0.25) is 5.95 Å². The zero-order valence-corrected chi connectivity index (χ0v) is 23.9. The monoisotopic (exact) mass is 586 g/mol. The summed E-state index contributed by atoms with van der Waals surface area (Å²) in [6.45, 7) is 4.99. The number of aromatic nitrogens is 2. The highest BCUT2D eigenvalue weighted by atomic mass is 35.5. The van der Waals surface area contributed by atoms with Gasteiger partial charge in [-0.15, -0.1) is 0 Å². The first-order chi connectivity index (χ1) is 20.3. The number of halogens is 1. The molecule has 10 nitrogen and oxygen atoms in total. The number of phenolic OH excluding ortho intramolecular Hbond substituents is 1. The van der Waals surface area contributed by atoms with E-state index < -0.39 is 12.0 Å². The lowest BCUT2D eigenvalue weighted by atomic mass is 10.0. The molecule has 2 aliphatic rings. The van der Waals surface area contributed by atoms with E-state index in [0.29, 0.717) is 43.6 Å². The van der Waals surface area contributed by atoms with Gasteiger partial charge in [-0.2, -0.15) is 0 Å². The molecule has 1 atom stereocenters. The van der Waals surface area contributed by atoms with Gasteiger partial charge in [0, 0.05) is 59.7 Å². The summed E-state index contributed by atoms with van der Waals surface area (Å²) in [6.07, 6.45) is 3.29. The van der Waals surface area contributed by atoms with E-state index in [9.17, 15) is 19.8 Å². The number of carbonyl (C=O) groups excluding carboxylic acids is 1. The normalized spacial score (nSPS) is 17.4. The summed E-state index contributed by atoms with van der Waals surface area (Å²) in [5.41, 5.74) is 4.94. The van der Waals surface area contributed by atoms with Gasteiger partial charge in [0.15, 0.2) is 0 Å². The van der Waals surface area contributed by atoms with Crippen molar-refractivity contribution in [2.75, 3.05) is 42.9 Å². The van der Waals surface area contributed by atoms with Gasteiger partial charge in [-0.3, -0.25) is 14.6 Å². The fourth-order valence-electron chi connectivity index (χ4n) is 5.78. The molecule has 3 heterocycles. The van der Waals surface area contributed by atoms with E-state index in [4.69, 9.17) is 16.6 Å². The van der Waals surface area contributed by atoms with Crippen LogP contribution in [0.5, 0.6) is 5.75 Å². The van der Waals surface area contributed by atoms with Crippen LogP contribution in [0.2, 0.25) is 5.02 Å². The minimum atomic E-state index is -0.788. The van der Waals surface area contributed by atoms with Crippen molar-refractivity contribution < 1.29 is 19.8 Å². The van der Waals surface area contributed by atoms with Crippen molar-refractivity contribution in [2.45, 2.75) is 25.8 Å². The van der Waals surface area contributed by atoms with Crippen LogP contribution in [0, 0.1) is 6.92 Å². The van der Waals surface area contributed by atoms with Gasteiger partial charge in [0.1, 0.15) is 11.8 Å². The number of likely N-dealkylation sites (tertiary alicyclic amines) is 1. The zero-order valence-electron chi connectivity index (χ0n) is 23.1. The van der Waals surface area contributed by atoms with Crippen LogP contribution in [0.4, 0.5) is 22.1 Å². The minimum absolute atomic E-state index is 0.0681. The Kier molecular flexibility index (Phi) is 7.57. The van der Waals surface area contributed by atoms with Gasteiger partial charge in [-0.05, 0) is 92.0 Å². The second-order valence-electron chi connectivity index (χ2n) is 10.7. The second kappa shape index (κ2) is 11.5. The van der Waals surface area contributed by atoms with Crippen LogP contribution in [0.1, 0.15) is 18.4 Å². The predicted molar refractivity (Wildman–Crippen MR) is 163 cm³/mol. The van der Waals surface area contributed by atoms with E-state index in [0.717, 1.165) is 51.9 Å².